The standard InChI is InChI=1S/C15H16N2O/c16-10-12-7-4-8-17(12)15(18)14-9-13(14)11-5-2-1-3-6-11/h1-3,5-6,12-14H,4,7-9H2. The van der Waals surface area contributed by atoms with Gasteiger partial charge in [0.05, 0.1) is 6.07 Å². The third-order valence-corrected chi connectivity index (χ3v) is 4.02. The number of hydrogen-bond donors (Lipinski definition) is 0. The molecule has 3 rings (SSSR count). The van der Waals surface area contributed by atoms with E-state index in [0.717, 1.165) is 25.8 Å². The molecule has 1 heterocycles. The maximum Gasteiger partial charge on any atom is 0.227 e. The van der Waals surface area contributed by atoms with Crippen LogP contribution in [0.5, 0.6) is 0 Å². The molecule has 3 heteroatoms. The predicted molar refractivity (Wildman–Crippen MR) is 67.6 cm³/mol. The smallest absolute Gasteiger partial charge is 0.227 e. The van der Waals surface area contributed by atoms with Gasteiger partial charge in [0, 0.05) is 12.5 Å². The summed E-state index contributed by atoms with van der Waals surface area (Å²) in [6, 6.07) is 12.3. The molecule has 0 bridgehead atoms. The van der Waals surface area contributed by atoms with Crippen LogP contribution >= 0.6 is 0 Å². The van der Waals surface area contributed by atoms with Gasteiger partial charge in [-0.15, -0.1) is 0 Å². The third-order valence-electron chi connectivity index (χ3n) is 4.02. The summed E-state index contributed by atoms with van der Waals surface area (Å²) in [5, 5.41) is 9.03. The zero-order valence-electron chi connectivity index (χ0n) is 10.2. The van der Waals surface area contributed by atoms with Crippen LogP contribution in [-0.4, -0.2) is 23.4 Å². The fourth-order valence-corrected chi connectivity index (χ4v) is 2.91. The highest BCUT2D eigenvalue weighted by atomic mass is 16.2. The highest BCUT2D eigenvalue weighted by Gasteiger charge is 2.47. The Labute approximate surface area is 107 Å². The molecule has 1 aromatic rings. The van der Waals surface area contributed by atoms with E-state index in [-0.39, 0.29) is 17.9 Å². The second-order valence-corrected chi connectivity index (χ2v) is 5.18. The Hall–Kier alpha value is -1.82. The maximum atomic E-state index is 12.3. The summed E-state index contributed by atoms with van der Waals surface area (Å²) in [7, 11) is 0. The molecule has 92 valence electrons. The van der Waals surface area contributed by atoms with Gasteiger partial charge in [0.1, 0.15) is 6.04 Å². The van der Waals surface area contributed by atoms with Crippen LogP contribution in [0, 0.1) is 17.2 Å². The van der Waals surface area contributed by atoms with Gasteiger partial charge in [-0.25, -0.2) is 0 Å². The van der Waals surface area contributed by atoms with Gasteiger partial charge in [0.2, 0.25) is 5.91 Å². The summed E-state index contributed by atoms with van der Waals surface area (Å²) in [4.78, 5) is 14.1. The molecular weight excluding hydrogens is 224 g/mol. The molecule has 1 aliphatic carbocycles. The number of likely N-dealkylation sites (tertiary alicyclic amines) is 1. The molecule has 0 N–H and O–H groups in total. The van der Waals surface area contributed by atoms with Crippen molar-refractivity contribution in [2.45, 2.75) is 31.2 Å². The lowest BCUT2D eigenvalue weighted by atomic mass is 10.1. The van der Waals surface area contributed by atoms with Crippen molar-refractivity contribution in [2.75, 3.05) is 6.54 Å². The zero-order valence-corrected chi connectivity index (χ0v) is 10.2. The molecule has 1 aliphatic heterocycles. The van der Waals surface area contributed by atoms with Gasteiger partial charge in [-0.2, -0.15) is 5.26 Å². The lowest BCUT2D eigenvalue weighted by molar-refractivity contribution is -0.132. The van der Waals surface area contributed by atoms with Gasteiger partial charge >= 0.3 is 0 Å². The van der Waals surface area contributed by atoms with Crippen LogP contribution in [0.2, 0.25) is 0 Å². The third kappa shape index (κ3) is 1.88. The first-order chi connectivity index (χ1) is 8.81. The van der Waals surface area contributed by atoms with Crippen LogP contribution in [0.4, 0.5) is 0 Å². The Morgan fingerprint density at radius 1 is 1.33 bits per heavy atom. The van der Waals surface area contributed by atoms with Crippen LogP contribution in [0.25, 0.3) is 0 Å². The highest BCUT2D eigenvalue weighted by molar-refractivity contribution is 5.83. The summed E-state index contributed by atoms with van der Waals surface area (Å²) in [5.41, 5.74) is 1.25. The number of amides is 1. The Bertz CT molecular complexity index is 491. The van der Waals surface area contributed by atoms with Crippen molar-refractivity contribution in [2.24, 2.45) is 5.92 Å². The molecule has 1 saturated carbocycles. The van der Waals surface area contributed by atoms with Gasteiger partial charge in [-0.1, -0.05) is 30.3 Å². The average molecular weight is 240 g/mol. The first-order valence-electron chi connectivity index (χ1n) is 6.56. The van der Waals surface area contributed by atoms with Gasteiger partial charge in [0.25, 0.3) is 0 Å². The number of nitriles is 1. The van der Waals surface area contributed by atoms with E-state index in [9.17, 15) is 4.79 Å². The predicted octanol–water partition coefficient (Wildman–Crippen LogP) is 2.30. The minimum absolute atomic E-state index is 0.112. The van der Waals surface area contributed by atoms with E-state index in [1.54, 1.807) is 4.90 Å². The Morgan fingerprint density at radius 2 is 2.11 bits per heavy atom. The molecule has 3 unspecified atom stereocenters. The fraction of sp³-hybridized carbons (Fsp3) is 0.467. The van der Waals surface area contributed by atoms with Crippen molar-refractivity contribution >= 4 is 5.91 Å². The lowest BCUT2D eigenvalue weighted by Gasteiger charge is -2.19. The summed E-state index contributed by atoms with van der Waals surface area (Å²) in [6.45, 7) is 0.759. The molecule has 1 saturated heterocycles. The van der Waals surface area contributed by atoms with Gasteiger partial charge in [-0.3, -0.25) is 4.79 Å². The molecule has 3 atom stereocenters. The number of hydrogen-bond acceptors (Lipinski definition) is 2. The van der Waals surface area contributed by atoms with Crippen LogP contribution in [-0.2, 0) is 4.79 Å². The van der Waals surface area contributed by atoms with E-state index in [1.165, 1.54) is 5.56 Å². The summed E-state index contributed by atoms with van der Waals surface area (Å²) < 4.78 is 0. The largest absolute Gasteiger partial charge is 0.326 e. The molecule has 1 aromatic carbocycles. The summed E-state index contributed by atoms with van der Waals surface area (Å²) in [6.07, 6.45) is 2.75. The van der Waals surface area contributed by atoms with Crippen LogP contribution < -0.4 is 0 Å². The van der Waals surface area contributed by atoms with E-state index in [0.29, 0.717) is 5.92 Å². The minimum atomic E-state index is -0.186. The van der Waals surface area contributed by atoms with Gasteiger partial charge in [-0.05, 0) is 30.7 Å². The maximum absolute atomic E-state index is 12.3. The SMILES string of the molecule is N#CC1CCCN1C(=O)C1CC1c1ccccc1. The molecule has 0 aromatic heterocycles. The second-order valence-electron chi connectivity index (χ2n) is 5.18. The van der Waals surface area contributed by atoms with Crippen molar-refractivity contribution in [3.63, 3.8) is 0 Å². The van der Waals surface area contributed by atoms with E-state index in [2.05, 4.69) is 18.2 Å². The van der Waals surface area contributed by atoms with E-state index < -0.39 is 0 Å². The molecule has 0 spiro atoms. The van der Waals surface area contributed by atoms with Crippen molar-refractivity contribution in [3.05, 3.63) is 35.9 Å². The van der Waals surface area contributed by atoms with Crippen molar-refractivity contribution in [1.29, 1.82) is 5.26 Å². The molecular formula is C15H16N2O. The highest BCUT2D eigenvalue weighted by Crippen LogP contribution is 2.48. The van der Waals surface area contributed by atoms with Crippen molar-refractivity contribution in [3.8, 4) is 6.07 Å². The molecule has 18 heavy (non-hydrogen) atoms. The minimum Gasteiger partial charge on any atom is -0.326 e. The summed E-state index contributed by atoms with van der Waals surface area (Å²) in [5.74, 6) is 0.674. The zero-order chi connectivity index (χ0) is 12.5. The molecule has 2 aliphatic rings. The molecule has 2 fully saturated rings. The van der Waals surface area contributed by atoms with Crippen LogP contribution in [0.15, 0.2) is 30.3 Å². The molecule has 3 nitrogen and oxygen atoms in total. The average Bonchev–Trinajstić information content (AvgIpc) is 3.08. The fourth-order valence-electron chi connectivity index (χ4n) is 2.91. The van der Waals surface area contributed by atoms with Crippen LogP contribution in [0.3, 0.4) is 0 Å². The number of nitrogens with zero attached hydrogens (tertiary/aromatic N) is 2. The molecule has 1 amide bonds. The Kier molecular flexibility index (Phi) is 2.79. The molecule has 0 radical (unpaired) electrons. The first kappa shape index (κ1) is 11.3. The van der Waals surface area contributed by atoms with E-state index in [4.69, 9.17) is 5.26 Å². The number of rotatable bonds is 2. The van der Waals surface area contributed by atoms with Crippen molar-refractivity contribution < 1.29 is 4.79 Å². The number of benzene rings is 1. The topological polar surface area (TPSA) is 44.1 Å². The van der Waals surface area contributed by atoms with Crippen LogP contribution in [0.1, 0.15) is 30.7 Å². The Morgan fingerprint density at radius 3 is 2.83 bits per heavy atom. The Balaban J connectivity index is 1.68. The van der Waals surface area contributed by atoms with Crippen molar-refractivity contribution in [1.82, 2.24) is 4.90 Å². The quantitative estimate of drug-likeness (QED) is 0.796. The number of carbonyl (C=O) groups excluding carboxylic acids is 1. The van der Waals surface area contributed by atoms with Gasteiger partial charge < -0.3 is 4.90 Å². The lowest BCUT2D eigenvalue weighted by Crippen LogP contribution is -2.35. The number of carbonyl (C=O) groups is 1. The monoisotopic (exact) mass is 240 g/mol. The normalized spacial score (nSPS) is 29.9. The van der Waals surface area contributed by atoms with E-state index in [1.807, 2.05) is 18.2 Å². The second kappa shape index (κ2) is 4.45. The van der Waals surface area contributed by atoms with Gasteiger partial charge in [0.15, 0.2) is 0 Å². The summed E-state index contributed by atoms with van der Waals surface area (Å²) >= 11 is 0. The van der Waals surface area contributed by atoms with E-state index >= 15 is 0 Å². The first-order valence-corrected chi connectivity index (χ1v) is 6.56.